The number of hydrogen-bond acceptors (Lipinski definition) is 3. The maximum atomic E-state index is 11.1. The number of nitrogens with one attached hydrogen (secondary N) is 1. The molecular weight excluding hydrogens is 242 g/mol. The van der Waals surface area contributed by atoms with Gasteiger partial charge in [-0.1, -0.05) is 32.9 Å². The van der Waals surface area contributed by atoms with Gasteiger partial charge in [-0.3, -0.25) is 4.79 Å². The van der Waals surface area contributed by atoms with Crippen LogP contribution in [0.3, 0.4) is 0 Å². The highest BCUT2D eigenvalue weighted by molar-refractivity contribution is 5.74. The zero-order chi connectivity index (χ0) is 14.6. The fourth-order valence-corrected chi connectivity index (χ4v) is 1.94. The van der Waals surface area contributed by atoms with Crippen molar-refractivity contribution in [1.82, 2.24) is 5.32 Å². The molecule has 1 aromatic carbocycles. The molecule has 0 saturated carbocycles. The Morgan fingerprint density at radius 2 is 2.05 bits per heavy atom. The molecule has 0 bridgehead atoms. The van der Waals surface area contributed by atoms with E-state index in [0.717, 1.165) is 11.3 Å². The molecule has 1 aromatic rings. The Labute approximate surface area is 114 Å². The first kappa shape index (κ1) is 15.5. The lowest BCUT2D eigenvalue weighted by Gasteiger charge is -2.22. The molecule has 2 N–H and O–H groups in total. The standard InChI is InChI=1S/C15H23NO3/c1-15(2,3)11-6-7-13(19-5)10(8-11)9-12(16-4)14(17)18/h6-8,12,16H,9H2,1-5H3,(H,17,18). The van der Waals surface area contributed by atoms with Crippen LogP contribution in [-0.2, 0) is 16.6 Å². The second-order valence-electron chi connectivity index (χ2n) is 5.66. The number of benzene rings is 1. The third kappa shape index (κ3) is 3.96. The van der Waals surface area contributed by atoms with Gasteiger partial charge in [0, 0.05) is 6.42 Å². The number of aliphatic carboxylic acids is 1. The molecule has 0 saturated heterocycles. The van der Waals surface area contributed by atoms with E-state index in [4.69, 9.17) is 9.84 Å². The first-order valence-corrected chi connectivity index (χ1v) is 6.37. The second kappa shape index (κ2) is 6.06. The van der Waals surface area contributed by atoms with E-state index in [1.165, 1.54) is 5.56 Å². The van der Waals surface area contributed by atoms with Gasteiger partial charge in [-0.2, -0.15) is 0 Å². The van der Waals surface area contributed by atoms with Crippen LogP contribution in [0.15, 0.2) is 18.2 Å². The summed E-state index contributed by atoms with van der Waals surface area (Å²) in [5, 5.41) is 11.9. The van der Waals surface area contributed by atoms with Crippen molar-refractivity contribution in [3.05, 3.63) is 29.3 Å². The molecule has 1 unspecified atom stereocenters. The van der Waals surface area contributed by atoms with Crippen molar-refractivity contribution in [3.8, 4) is 5.75 Å². The van der Waals surface area contributed by atoms with Crippen LogP contribution in [0.25, 0.3) is 0 Å². The third-order valence-electron chi connectivity index (χ3n) is 3.22. The van der Waals surface area contributed by atoms with E-state index >= 15 is 0 Å². The number of carboxylic acid groups (broad SMARTS) is 1. The van der Waals surface area contributed by atoms with Crippen LogP contribution in [0.1, 0.15) is 31.9 Å². The minimum absolute atomic E-state index is 0.0272. The SMILES string of the molecule is CNC(Cc1cc(C(C)(C)C)ccc1OC)C(=O)O. The van der Waals surface area contributed by atoms with Gasteiger partial charge in [0.2, 0.25) is 0 Å². The van der Waals surface area contributed by atoms with Gasteiger partial charge in [0.1, 0.15) is 11.8 Å². The summed E-state index contributed by atoms with van der Waals surface area (Å²) in [7, 11) is 3.25. The summed E-state index contributed by atoms with van der Waals surface area (Å²) in [5.41, 5.74) is 2.11. The van der Waals surface area contributed by atoms with E-state index < -0.39 is 12.0 Å². The van der Waals surface area contributed by atoms with Crippen molar-refractivity contribution in [3.63, 3.8) is 0 Å². The summed E-state index contributed by atoms with van der Waals surface area (Å²) >= 11 is 0. The molecule has 19 heavy (non-hydrogen) atoms. The van der Waals surface area contributed by atoms with Crippen LogP contribution in [-0.4, -0.2) is 31.3 Å². The predicted molar refractivity (Wildman–Crippen MR) is 75.9 cm³/mol. The molecule has 0 heterocycles. The molecule has 0 aliphatic rings. The van der Waals surface area contributed by atoms with Crippen LogP contribution in [0.2, 0.25) is 0 Å². The molecule has 0 aliphatic carbocycles. The predicted octanol–water partition coefficient (Wildman–Crippen LogP) is 2.21. The maximum Gasteiger partial charge on any atom is 0.321 e. The minimum Gasteiger partial charge on any atom is -0.496 e. The van der Waals surface area contributed by atoms with Crippen molar-refractivity contribution in [2.45, 2.75) is 38.6 Å². The fraction of sp³-hybridized carbons (Fsp3) is 0.533. The van der Waals surface area contributed by atoms with E-state index in [0.29, 0.717) is 6.42 Å². The van der Waals surface area contributed by atoms with E-state index in [2.05, 4.69) is 26.1 Å². The maximum absolute atomic E-state index is 11.1. The lowest BCUT2D eigenvalue weighted by atomic mass is 9.85. The average Bonchev–Trinajstić information content (AvgIpc) is 2.34. The Balaban J connectivity index is 3.12. The minimum atomic E-state index is -0.856. The third-order valence-corrected chi connectivity index (χ3v) is 3.22. The highest BCUT2D eigenvalue weighted by Crippen LogP contribution is 2.28. The molecule has 1 rings (SSSR count). The molecule has 0 aliphatic heterocycles. The number of hydrogen-bond donors (Lipinski definition) is 2. The van der Waals surface area contributed by atoms with Crippen molar-refractivity contribution >= 4 is 5.97 Å². The van der Waals surface area contributed by atoms with Crippen molar-refractivity contribution in [1.29, 1.82) is 0 Å². The number of rotatable bonds is 5. The zero-order valence-corrected chi connectivity index (χ0v) is 12.3. The highest BCUT2D eigenvalue weighted by atomic mass is 16.5. The van der Waals surface area contributed by atoms with Crippen LogP contribution < -0.4 is 10.1 Å². The van der Waals surface area contributed by atoms with Crippen LogP contribution in [0, 0.1) is 0 Å². The Hall–Kier alpha value is -1.55. The molecular formula is C15H23NO3. The first-order valence-electron chi connectivity index (χ1n) is 6.37. The molecule has 0 spiro atoms. The van der Waals surface area contributed by atoms with Crippen LogP contribution >= 0.6 is 0 Å². The van der Waals surface area contributed by atoms with Gasteiger partial charge in [0.05, 0.1) is 7.11 Å². The van der Waals surface area contributed by atoms with Crippen molar-refractivity contribution < 1.29 is 14.6 Å². The molecule has 0 aromatic heterocycles. The summed E-state index contributed by atoms with van der Waals surface area (Å²) in [5.74, 6) is -0.125. The lowest BCUT2D eigenvalue weighted by molar-refractivity contribution is -0.139. The Morgan fingerprint density at radius 3 is 2.47 bits per heavy atom. The number of ether oxygens (including phenoxy) is 1. The van der Waals surface area contributed by atoms with Gasteiger partial charge >= 0.3 is 5.97 Å². The smallest absolute Gasteiger partial charge is 0.321 e. The van der Waals surface area contributed by atoms with Gasteiger partial charge in [-0.05, 0) is 29.7 Å². The molecule has 1 atom stereocenters. The normalized spacial score (nSPS) is 13.1. The summed E-state index contributed by atoms with van der Waals surface area (Å²) in [4.78, 5) is 11.1. The van der Waals surface area contributed by atoms with E-state index in [9.17, 15) is 4.79 Å². The molecule has 4 heteroatoms. The zero-order valence-electron chi connectivity index (χ0n) is 12.3. The largest absolute Gasteiger partial charge is 0.496 e. The Morgan fingerprint density at radius 1 is 1.42 bits per heavy atom. The van der Waals surface area contributed by atoms with E-state index in [-0.39, 0.29) is 5.41 Å². The number of likely N-dealkylation sites (N-methyl/N-ethyl adjacent to an activating group) is 1. The number of carboxylic acids is 1. The molecule has 4 nitrogen and oxygen atoms in total. The lowest BCUT2D eigenvalue weighted by Crippen LogP contribution is -2.35. The monoisotopic (exact) mass is 265 g/mol. The molecule has 0 fully saturated rings. The number of carbonyl (C=O) groups is 1. The second-order valence-corrected chi connectivity index (χ2v) is 5.66. The summed E-state index contributed by atoms with van der Waals surface area (Å²) in [6.45, 7) is 6.39. The van der Waals surface area contributed by atoms with Crippen LogP contribution in [0.5, 0.6) is 5.75 Å². The van der Waals surface area contributed by atoms with Gasteiger partial charge in [0.15, 0.2) is 0 Å². The molecule has 0 radical (unpaired) electrons. The van der Waals surface area contributed by atoms with Gasteiger partial charge in [-0.25, -0.2) is 0 Å². The van der Waals surface area contributed by atoms with E-state index in [1.807, 2.05) is 18.2 Å². The Bertz CT molecular complexity index is 449. The summed E-state index contributed by atoms with van der Waals surface area (Å²) in [6.07, 6.45) is 0.402. The van der Waals surface area contributed by atoms with Gasteiger partial charge in [-0.15, -0.1) is 0 Å². The van der Waals surface area contributed by atoms with Crippen molar-refractivity contribution in [2.24, 2.45) is 0 Å². The Kier molecular flexibility index (Phi) is 4.95. The topological polar surface area (TPSA) is 58.6 Å². The molecule has 0 amide bonds. The summed E-state index contributed by atoms with van der Waals surface area (Å²) in [6, 6.07) is 5.36. The van der Waals surface area contributed by atoms with Gasteiger partial charge < -0.3 is 15.2 Å². The van der Waals surface area contributed by atoms with Gasteiger partial charge in [0.25, 0.3) is 0 Å². The highest BCUT2D eigenvalue weighted by Gasteiger charge is 2.20. The quantitative estimate of drug-likeness (QED) is 0.857. The summed E-state index contributed by atoms with van der Waals surface area (Å²) < 4.78 is 5.32. The number of methoxy groups -OCH3 is 1. The fourth-order valence-electron chi connectivity index (χ4n) is 1.94. The average molecular weight is 265 g/mol. The first-order chi connectivity index (χ1) is 8.79. The molecule has 106 valence electrons. The van der Waals surface area contributed by atoms with Crippen molar-refractivity contribution in [2.75, 3.05) is 14.2 Å². The van der Waals surface area contributed by atoms with E-state index in [1.54, 1.807) is 14.2 Å². The van der Waals surface area contributed by atoms with Crippen LogP contribution in [0.4, 0.5) is 0 Å².